The van der Waals surface area contributed by atoms with Crippen LogP contribution in [0.15, 0.2) is 0 Å². The molecule has 1 fully saturated rings. The molecule has 0 aliphatic heterocycles. The SMILES string of the molecule is CCCCCCCCCC1CCC(OCCCCS(=O)(=O)O)CC1. The van der Waals surface area contributed by atoms with Gasteiger partial charge in [0.1, 0.15) is 0 Å². The van der Waals surface area contributed by atoms with Crippen LogP contribution in [0.2, 0.25) is 0 Å². The lowest BCUT2D eigenvalue weighted by atomic mass is 9.84. The molecule has 1 rings (SSSR count). The second-order valence-electron chi connectivity index (χ2n) is 7.42. The summed E-state index contributed by atoms with van der Waals surface area (Å²) in [5.41, 5.74) is 0. The van der Waals surface area contributed by atoms with Crippen LogP contribution in [0.3, 0.4) is 0 Å². The summed E-state index contributed by atoms with van der Waals surface area (Å²) in [4.78, 5) is 0. The van der Waals surface area contributed by atoms with Crippen LogP contribution in [-0.4, -0.2) is 31.4 Å². The maximum absolute atomic E-state index is 10.6. The Morgan fingerprint density at radius 3 is 2.12 bits per heavy atom. The molecule has 0 aromatic carbocycles. The van der Waals surface area contributed by atoms with Crippen molar-refractivity contribution in [1.29, 1.82) is 0 Å². The van der Waals surface area contributed by atoms with Crippen LogP contribution in [0.1, 0.15) is 96.8 Å². The summed E-state index contributed by atoms with van der Waals surface area (Å²) in [5, 5.41) is 0. The van der Waals surface area contributed by atoms with Gasteiger partial charge in [-0.05, 0) is 44.4 Å². The summed E-state index contributed by atoms with van der Waals surface area (Å²) in [6.07, 6.45) is 17.5. The Hall–Kier alpha value is -0.130. The van der Waals surface area contributed by atoms with E-state index in [1.807, 2.05) is 0 Å². The van der Waals surface area contributed by atoms with E-state index in [2.05, 4.69) is 6.92 Å². The Morgan fingerprint density at radius 1 is 0.875 bits per heavy atom. The molecule has 5 heteroatoms. The van der Waals surface area contributed by atoms with Gasteiger partial charge in [0.2, 0.25) is 0 Å². The second-order valence-corrected chi connectivity index (χ2v) is 8.99. The van der Waals surface area contributed by atoms with Gasteiger partial charge in [0, 0.05) is 6.61 Å². The number of rotatable bonds is 14. The van der Waals surface area contributed by atoms with Crippen LogP contribution in [0, 0.1) is 5.92 Å². The van der Waals surface area contributed by atoms with E-state index in [4.69, 9.17) is 9.29 Å². The van der Waals surface area contributed by atoms with Gasteiger partial charge in [-0.2, -0.15) is 8.42 Å². The van der Waals surface area contributed by atoms with Crippen molar-refractivity contribution in [1.82, 2.24) is 0 Å². The Morgan fingerprint density at radius 2 is 1.50 bits per heavy atom. The van der Waals surface area contributed by atoms with Crippen molar-refractivity contribution in [2.24, 2.45) is 5.92 Å². The van der Waals surface area contributed by atoms with Gasteiger partial charge in [0.05, 0.1) is 11.9 Å². The van der Waals surface area contributed by atoms with E-state index in [-0.39, 0.29) is 5.75 Å². The average molecular weight is 363 g/mol. The molecule has 0 bridgehead atoms. The van der Waals surface area contributed by atoms with Crippen molar-refractivity contribution < 1.29 is 17.7 Å². The van der Waals surface area contributed by atoms with Crippen LogP contribution < -0.4 is 0 Å². The summed E-state index contributed by atoms with van der Waals surface area (Å²) < 4.78 is 35.8. The van der Waals surface area contributed by atoms with Gasteiger partial charge in [0.25, 0.3) is 10.1 Å². The molecular formula is C19H38O4S. The lowest BCUT2D eigenvalue weighted by molar-refractivity contribution is 0.0157. The first-order valence-electron chi connectivity index (χ1n) is 10.1. The van der Waals surface area contributed by atoms with Crippen molar-refractivity contribution in [2.45, 2.75) is 103 Å². The van der Waals surface area contributed by atoms with Crippen LogP contribution in [0.5, 0.6) is 0 Å². The van der Waals surface area contributed by atoms with Crippen LogP contribution in [0.25, 0.3) is 0 Å². The highest BCUT2D eigenvalue weighted by molar-refractivity contribution is 7.85. The van der Waals surface area contributed by atoms with Crippen molar-refractivity contribution >= 4 is 10.1 Å². The number of hydrogen-bond donors (Lipinski definition) is 1. The fourth-order valence-corrected chi connectivity index (χ4v) is 4.18. The van der Waals surface area contributed by atoms with Gasteiger partial charge in [-0.1, -0.05) is 58.3 Å². The minimum atomic E-state index is -3.81. The third-order valence-corrected chi connectivity index (χ3v) is 5.96. The molecule has 4 nitrogen and oxygen atoms in total. The second kappa shape index (κ2) is 13.1. The van der Waals surface area contributed by atoms with E-state index in [9.17, 15) is 8.42 Å². The van der Waals surface area contributed by atoms with Gasteiger partial charge < -0.3 is 4.74 Å². The first kappa shape index (κ1) is 21.9. The zero-order chi connectivity index (χ0) is 17.7. The molecule has 1 saturated carbocycles. The van der Waals surface area contributed by atoms with Gasteiger partial charge in [0.15, 0.2) is 0 Å². The maximum Gasteiger partial charge on any atom is 0.264 e. The highest BCUT2D eigenvalue weighted by Crippen LogP contribution is 2.30. The van der Waals surface area contributed by atoms with Crippen molar-refractivity contribution in [2.75, 3.05) is 12.4 Å². The van der Waals surface area contributed by atoms with Gasteiger partial charge in [-0.3, -0.25) is 4.55 Å². The number of ether oxygens (including phenoxy) is 1. The molecule has 0 spiro atoms. The summed E-state index contributed by atoms with van der Waals surface area (Å²) in [6, 6.07) is 0. The molecule has 0 saturated heterocycles. The average Bonchev–Trinajstić information content (AvgIpc) is 2.54. The zero-order valence-electron chi connectivity index (χ0n) is 15.5. The van der Waals surface area contributed by atoms with Crippen LogP contribution in [0.4, 0.5) is 0 Å². The van der Waals surface area contributed by atoms with Gasteiger partial charge in [-0.25, -0.2) is 0 Å². The summed E-state index contributed by atoms with van der Waals surface area (Å²) in [7, 11) is -3.81. The predicted octanol–water partition coefficient (Wildman–Crippen LogP) is 5.37. The molecular weight excluding hydrogens is 324 g/mol. The fourth-order valence-electron chi connectivity index (χ4n) is 3.61. The monoisotopic (exact) mass is 362 g/mol. The van der Waals surface area contributed by atoms with E-state index < -0.39 is 10.1 Å². The quantitative estimate of drug-likeness (QED) is 0.333. The number of hydrogen-bond acceptors (Lipinski definition) is 3. The van der Waals surface area contributed by atoms with Crippen molar-refractivity contribution in [3.63, 3.8) is 0 Å². The zero-order valence-corrected chi connectivity index (χ0v) is 16.4. The standard InChI is InChI=1S/C19H38O4S/c1-2-3-4-5-6-7-8-11-18-12-14-19(15-13-18)23-16-9-10-17-24(20,21)22/h18-19H,2-17H2,1H3,(H,20,21,22). The lowest BCUT2D eigenvalue weighted by Gasteiger charge is -2.28. The fraction of sp³-hybridized carbons (Fsp3) is 1.00. The molecule has 1 N–H and O–H groups in total. The predicted molar refractivity (Wildman–Crippen MR) is 100.0 cm³/mol. The molecule has 0 aromatic heterocycles. The van der Waals surface area contributed by atoms with E-state index >= 15 is 0 Å². The molecule has 1 aliphatic rings. The van der Waals surface area contributed by atoms with E-state index in [1.54, 1.807) is 0 Å². The summed E-state index contributed by atoms with van der Waals surface area (Å²) in [5.74, 6) is 0.738. The number of unbranched alkanes of at least 4 members (excludes halogenated alkanes) is 7. The molecule has 1 aliphatic carbocycles. The van der Waals surface area contributed by atoms with Gasteiger partial charge >= 0.3 is 0 Å². The molecule has 0 heterocycles. The van der Waals surface area contributed by atoms with Crippen molar-refractivity contribution in [3.05, 3.63) is 0 Å². The van der Waals surface area contributed by atoms with E-state index in [0.29, 0.717) is 25.6 Å². The Bertz CT molecular complexity index is 386. The summed E-state index contributed by atoms with van der Waals surface area (Å²) >= 11 is 0. The van der Waals surface area contributed by atoms with E-state index in [1.165, 1.54) is 64.2 Å². The molecule has 24 heavy (non-hydrogen) atoms. The van der Waals surface area contributed by atoms with Crippen LogP contribution >= 0.6 is 0 Å². The Labute approximate surface area is 149 Å². The third-order valence-electron chi connectivity index (χ3n) is 5.16. The third kappa shape index (κ3) is 12.3. The highest BCUT2D eigenvalue weighted by Gasteiger charge is 2.21. The molecule has 0 aromatic rings. The Balaban J connectivity index is 1.92. The summed E-state index contributed by atoms with van der Waals surface area (Å²) in [6.45, 7) is 2.88. The first-order valence-corrected chi connectivity index (χ1v) is 11.7. The normalized spacial score (nSPS) is 21.9. The molecule has 0 amide bonds. The van der Waals surface area contributed by atoms with E-state index in [0.717, 1.165) is 18.8 Å². The van der Waals surface area contributed by atoms with Gasteiger partial charge in [-0.15, -0.1) is 0 Å². The molecule has 0 unspecified atom stereocenters. The van der Waals surface area contributed by atoms with Crippen molar-refractivity contribution in [3.8, 4) is 0 Å². The Kier molecular flexibility index (Phi) is 12.0. The molecule has 144 valence electrons. The lowest BCUT2D eigenvalue weighted by Crippen LogP contribution is -2.22. The first-order chi connectivity index (χ1) is 11.5. The largest absolute Gasteiger partial charge is 0.378 e. The van der Waals surface area contributed by atoms with Crippen LogP contribution in [-0.2, 0) is 14.9 Å². The maximum atomic E-state index is 10.6. The minimum absolute atomic E-state index is 0.151. The topological polar surface area (TPSA) is 63.6 Å². The highest BCUT2D eigenvalue weighted by atomic mass is 32.2. The minimum Gasteiger partial charge on any atom is -0.378 e. The molecule has 0 atom stereocenters. The molecule has 0 radical (unpaired) electrons. The smallest absolute Gasteiger partial charge is 0.264 e.